The van der Waals surface area contributed by atoms with Gasteiger partial charge in [0.2, 0.25) is 0 Å². The van der Waals surface area contributed by atoms with E-state index in [9.17, 15) is 4.79 Å². The molecule has 1 aliphatic heterocycles. The SMILES string of the molecule is C[C@@H](NC(=O)N1CCc2cnc(Cc3cnn(C)c3)nc2C1)c1ccc(Cl)c(Cl)c1. The second-order valence-corrected chi connectivity index (χ2v) is 8.29. The van der Waals surface area contributed by atoms with E-state index in [0.717, 1.165) is 34.6 Å². The average Bonchev–Trinajstić information content (AvgIpc) is 3.13. The molecule has 0 spiro atoms. The number of benzene rings is 1. The standard InChI is InChI=1S/C21H22Cl2N6O/c1-13(15-3-4-17(22)18(23)8-15)26-21(30)29-6-5-16-10-24-20(27-19(16)12-29)7-14-9-25-28(2)11-14/h3-4,8-11,13H,5-7,12H2,1-2H3,(H,26,30)/t13-/m1/s1. The van der Waals surface area contributed by atoms with Gasteiger partial charge in [-0.05, 0) is 42.2 Å². The maximum atomic E-state index is 12.8. The Morgan fingerprint density at radius 2 is 2.10 bits per heavy atom. The third kappa shape index (κ3) is 4.57. The van der Waals surface area contributed by atoms with Gasteiger partial charge in [0.1, 0.15) is 5.82 Å². The van der Waals surface area contributed by atoms with Crippen LogP contribution in [-0.2, 0) is 26.4 Å². The largest absolute Gasteiger partial charge is 0.331 e. The van der Waals surface area contributed by atoms with Crippen LogP contribution in [0.15, 0.2) is 36.8 Å². The fourth-order valence-corrected chi connectivity index (χ4v) is 3.80. The summed E-state index contributed by atoms with van der Waals surface area (Å²) < 4.78 is 1.76. The lowest BCUT2D eigenvalue weighted by Crippen LogP contribution is -2.44. The first kappa shape index (κ1) is 20.6. The Morgan fingerprint density at radius 1 is 1.27 bits per heavy atom. The van der Waals surface area contributed by atoms with Gasteiger partial charge in [-0.15, -0.1) is 0 Å². The molecule has 2 amide bonds. The van der Waals surface area contributed by atoms with Gasteiger partial charge in [-0.1, -0.05) is 29.3 Å². The highest BCUT2D eigenvalue weighted by atomic mass is 35.5. The topological polar surface area (TPSA) is 75.9 Å². The molecule has 3 heterocycles. The summed E-state index contributed by atoms with van der Waals surface area (Å²) in [5, 5.41) is 8.18. The number of nitrogens with zero attached hydrogens (tertiary/aromatic N) is 5. The number of carbonyl (C=O) groups excluding carboxylic acids is 1. The van der Waals surface area contributed by atoms with Crippen molar-refractivity contribution >= 4 is 29.2 Å². The quantitative estimate of drug-likeness (QED) is 0.660. The van der Waals surface area contributed by atoms with E-state index in [1.165, 1.54) is 0 Å². The summed E-state index contributed by atoms with van der Waals surface area (Å²) in [5.41, 5.74) is 3.94. The molecule has 156 valence electrons. The van der Waals surface area contributed by atoms with Gasteiger partial charge in [0.25, 0.3) is 0 Å². The maximum Gasteiger partial charge on any atom is 0.318 e. The fourth-order valence-electron chi connectivity index (χ4n) is 3.49. The van der Waals surface area contributed by atoms with E-state index in [0.29, 0.717) is 29.6 Å². The molecule has 7 nitrogen and oxygen atoms in total. The predicted octanol–water partition coefficient (Wildman–Crippen LogP) is 3.94. The Balaban J connectivity index is 1.42. The van der Waals surface area contributed by atoms with E-state index >= 15 is 0 Å². The summed E-state index contributed by atoms with van der Waals surface area (Å²) in [6.07, 6.45) is 6.99. The van der Waals surface area contributed by atoms with Gasteiger partial charge in [0.15, 0.2) is 0 Å². The second-order valence-electron chi connectivity index (χ2n) is 7.47. The smallest absolute Gasteiger partial charge is 0.318 e. The van der Waals surface area contributed by atoms with Crippen molar-refractivity contribution in [3.8, 4) is 0 Å². The van der Waals surface area contributed by atoms with Gasteiger partial charge < -0.3 is 10.2 Å². The number of fused-ring (bicyclic) bond motifs is 1. The zero-order valence-electron chi connectivity index (χ0n) is 16.8. The first-order valence-electron chi connectivity index (χ1n) is 9.70. The molecule has 1 N–H and O–H groups in total. The van der Waals surface area contributed by atoms with Crippen LogP contribution in [0.25, 0.3) is 0 Å². The minimum atomic E-state index is -0.194. The zero-order chi connectivity index (χ0) is 21.3. The average molecular weight is 445 g/mol. The lowest BCUT2D eigenvalue weighted by atomic mass is 10.1. The Bertz CT molecular complexity index is 1080. The maximum absolute atomic E-state index is 12.8. The molecule has 0 radical (unpaired) electrons. The molecule has 2 aromatic heterocycles. The molecular weight excluding hydrogens is 423 g/mol. The molecule has 0 unspecified atom stereocenters. The van der Waals surface area contributed by atoms with Crippen LogP contribution in [-0.4, -0.2) is 37.2 Å². The third-order valence-corrected chi connectivity index (χ3v) is 5.93. The number of hydrogen-bond donors (Lipinski definition) is 1. The predicted molar refractivity (Wildman–Crippen MR) is 116 cm³/mol. The number of nitrogens with one attached hydrogen (secondary N) is 1. The molecule has 30 heavy (non-hydrogen) atoms. The molecular formula is C21H22Cl2N6O. The van der Waals surface area contributed by atoms with Crippen LogP contribution in [0.4, 0.5) is 4.79 Å². The molecule has 4 rings (SSSR count). The normalized spacial score (nSPS) is 14.3. The molecule has 0 fully saturated rings. The Morgan fingerprint density at radius 3 is 2.83 bits per heavy atom. The molecule has 0 saturated carbocycles. The van der Waals surface area contributed by atoms with Gasteiger partial charge in [-0.3, -0.25) is 4.68 Å². The van der Waals surface area contributed by atoms with Crippen molar-refractivity contribution in [2.45, 2.75) is 32.4 Å². The molecule has 0 saturated heterocycles. The van der Waals surface area contributed by atoms with Crippen molar-refractivity contribution in [2.75, 3.05) is 6.54 Å². The number of aryl methyl sites for hydroxylation is 1. The van der Waals surface area contributed by atoms with Crippen LogP contribution in [0.1, 0.15) is 41.2 Å². The van der Waals surface area contributed by atoms with E-state index in [1.54, 1.807) is 21.7 Å². The van der Waals surface area contributed by atoms with E-state index in [2.05, 4.69) is 15.4 Å². The monoisotopic (exact) mass is 444 g/mol. The summed E-state index contributed by atoms with van der Waals surface area (Å²) in [5.74, 6) is 0.730. The highest BCUT2D eigenvalue weighted by Gasteiger charge is 2.24. The minimum Gasteiger partial charge on any atom is -0.331 e. The van der Waals surface area contributed by atoms with Gasteiger partial charge in [-0.25, -0.2) is 14.8 Å². The first-order valence-corrected chi connectivity index (χ1v) is 10.5. The molecule has 1 atom stereocenters. The lowest BCUT2D eigenvalue weighted by Gasteiger charge is -2.29. The molecule has 9 heteroatoms. The van der Waals surface area contributed by atoms with Crippen molar-refractivity contribution < 1.29 is 4.79 Å². The summed E-state index contributed by atoms with van der Waals surface area (Å²) in [7, 11) is 1.88. The van der Waals surface area contributed by atoms with Crippen LogP contribution >= 0.6 is 23.2 Å². The number of rotatable bonds is 4. The Kier molecular flexibility index (Phi) is 5.92. The molecule has 1 aliphatic rings. The number of carbonyl (C=O) groups is 1. The molecule has 1 aromatic carbocycles. The van der Waals surface area contributed by atoms with E-state index in [-0.39, 0.29) is 12.1 Å². The number of amides is 2. The van der Waals surface area contributed by atoms with Crippen LogP contribution in [0.2, 0.25) is 10.0 Å². The summed E-state index contributed by atoms with van der Waals surface area (Å²) in [6.45, 7) is 3.00. The number of hydrogen-bond acceptors (Lipinski definition) is 4. The van der Waals surface area contributed by atoms with Gasteiger partial charge in [0.05, 0.1) is 34.5 Å². The molecule has 0 aliphatic carbocycles. The van der Waals surface area contributed by atoms with Crippen LogP contribution in [0.3, 0.4) is 0 Å². The Labute approximate surface area is 185 Å². The van der Waals surface area contributed by atoms with Crippen molar-refractivity contribution in [3.05, 3.63) is 75.0 Å². The van der Waals surface area contributed by atoms with Crippen molar-refractivity contribution in [3.63, 3.8) is 0 Å². The summed E-state index contributed by atoms with van der Waals surface area (Å²) in [6, 6.07) is 5.05. The highest BCUT2D eigenvalue weighted by Crippen LogP contribution is 2.26. The number of urea groups is 1. The van der Waals surface area contributed by atoms with E-state index in [4.69, 9.17) is 28.2 Å². The fraction of sp³-hybridized carbons (Fsp3) is 0.333. The summed E-state index contributed by atoms with van der Waals surface area (Å²) in [4.78, 5) is 23.8. The minimum absolute atomic E-state index is 0.133. The Hall–Kier alpha value is -2.64. The zero-order valence-corrected chi connectivity index (χ0v) is 18.3. The van der Waals surface area contributed by atoms with Crippen molar-refractivity contribution in [1.82, 2.24) is 30.0 Å². The number of aromatic nitrogens is 4. The lowest BCUT2D eigenvalue weighted by molar-refractivity contribution is 0.188. The second kappa shape index (κ2) is 8.62. The summed E-state index contributed by atoms with van der Waals surface area (Å²) >= 11 is 12.1. The third-order valence-electron chi connectivity index (χ3n) is 5.19. The van der Waals surface area contributed by atoms with Crippen LogP contribution in [0.5, 0.6) is 0 Å². The van der Waals surface area contributed by atoms with E-state index < -0.39 is 0 Å². The van der Waals surface area contributed by atoms with E-state index in [1.807, 2.05) is 38.6 Å². The van der Waals surface area contributed by atoms with Crippen LogP contribution in [0, 0.1) is 0 Å². The van der Waals surface area contributed by atoms with Gasteiger partial charge in [-0.2, -0.15) is 5.10 Å². The van der Waals surface area contributed by atoms with Crippen molar-refractivity contribution in [1.29, 1.82) is 0 Å². The van der Waals surface area contributed by atoms with Gasteiger partial charge in [0, 0.05) is 32.4 Å². The van der Waals surface area contributed by atoms with Crippen LogP contribution < -0.4 is 5.32 Å². The van der Waals surface area contributed by atoms with Gasteiger partial charge >= 0.3 is 6.03 Å². The van der Waals surface area contributed by atoms with Crippen molar-refractivity contribution in [2.24, 2.45) is 7.05 Å². The molecule has 3 aromatic rings. The first-order chi connectivity index (χ1) is 14.4. The molecule has 0 bridgehead atoms. The highest BCUT2D eigenvalue weighted by molar-refractivity contribution is 6.42. The number of halogens is 2.